The van der Waals surface area contributed by atoms with E-state index in [0.29, 0.717) is 4.47 Å². The van der Waals surface area contributed by atoms with Gasteiger partial charge in [0.2, 0.25) is 0 Å². The highest BCUT2D eigenvalue weighted by molar-refractivity contribution is 9.10. The molecule has 2 heterocycles. The van der Waals surface area contributed by atoms with Crippen molar-refractivity contribution in [3.8, 4) is 0 Å². The summed E-state index contributed by atoms with van der Waals surface area (Å²) in [4.78, 5) is 12.1. The van der Waals surface area contributed by atoms with Gasteiger partial charge in [0, 0.05) is 13.1 Å². The van der Waals surface area contributed by atoms with Crippen molar-refractivity contribution in [3.05, 3.63) is 21.0 Å². The highest BCUT2D eigenvalue weighted by Crippen LogP contribution is 2.19. The van der Waals surface area contributed by atoms with Gasteiger partial charge in [-0.05, 0) is 42.6 Å². The molecule has 0 aliphatic carbocycles. The number of nitrogens with zero attached hydrogens (tertiary/aromatic N) is 3. The van der Waals surface area contributed by atoms with Gasteiger partial charge < -0.3 is 5.43 Å². The Bertz CT molecular complexity index is 466. The molecule has 2 rings (SSSR count). The molecule has 1 fully saturated rings. The van der Waals surface area contributed by atoms with E-state index in [2.05, 4.69) is 31.5 Å². The molecule has 1 saturated heterocycles. The van der Waals surface area contributed by atoms with E-state index in [1.165, 1.54) is 23.9 Å². The van der Waals surface area contributed by atoms with Gasteiger partial charge in [-0.15, -0.1) is 0 Å². The Morgan fingerprint density at radius 3 is 2.61 bits per heavy atom. The normalized spacial score (nSPS) is 17.1. The molecule has 1 aliphatic rings. The average molecular weight is 315 g/mol. The highest BCUT2D eigenvalue weighted by Gasteiger charge is 2.14. The first-order chi connectivity index (χ1) is 8.59. The van der Waals surface area contributed by atoms with E-state index in [9.17, 15) is 4.79 Å². The number of aromatic nitrogens is 2. The number of hydrazine groups is 1. The number of anilines is 1. The van der Waals surface area contributed by atoms with E-state index in [-0.39, 0.29) is 11.6 Å². The van der Waals surface area contributed by atoms with Crippen LogP contribution in [0, 0.1) is 0 Å². The minimum atomic E-state index is -0.0907. The van der Waals surface area contributed by atoms with Crippen molar-refractivity contribution in [1.29, 1.82) is 0 Å². The first-order valence-corrected chi connectivity index (χ1v) is 7.18. The maximum Gasteiger partial charge on any atom is 0.283 e. The Morgan fingerprint density at radius 1 is 1.33 bits per heavy atom. The second kappa shape index (κ2) is 5.84. The maximum atomic E-state index is 12.1. The molecule has 0 amide bonds. The SMILES string of the molecule is CC(C)n1ncc(NN2CCCCC2)c(Br)c1=O. The van der Waals surface area contributed by atoms with Crippen LogP contribution in [0.15, 0.2) is 15.5 Å². The lowest BCUT2D eigenvalue weighted by Gasteiger charge is -2.28. The lowest BCUT2D eigenvalue weighted by molar-refractivity contribution is 0.272. The van der Waals surface area contributed by atoms with Crippen molar-refractivity contribution < 1.29 is 0 Å². The first-order valence-electron chi connectivity index (χ1n) is 6.38. The van der Waals surface area contributed by atoms with Gasteiger partial charge in [-0.3, -0.25) is 4.79 Å². The first kappa shape index (κ1) is 13.5. The predicted octanol–water partition coefficient (Wildman–Crippen LogP) is 2.40. The van der Waals surface area contributed by atoms with Gasteiger partial charge in [-0.1, -0.05) is 6.42 Å². The summed E-state index contributed by atoms with van der Waals surface area (Å²) in [5.74, 6) is 0. The number of hydrogen-bond acceptors (Lipinski definition) is 4. The van der Waals surface area contributed by atoms with E-state index in [1.54, 1.807) is 6.20 Å². The van der Waals surface area contributed by atoms with Crippen LogP contribution >= 0.6 is 15.9 Å². The molecular weight excluding hydrogens is 296 g/mol. The van der Waals surface area contributed by atoms with Crippen LogP contribution in [0.3, 0.4) is 0 Å². The van der Waals surface area contributed by atoms with Crippen LogP contribution in [0.1, 0.15) is 39.2 Å². The van der Waals surface area contributed by atoms with Crippen LogP contribution in [0.2, 0.25) is 0 Å². The molecule has 1 aromatic heterocycles. The average Bonchev–Trinajstić information content (AvgIpc) is 2.36. The van der Waals surface area contributed by atoms with Crippen molar-refractivity contribution in [2.45, 2.75) is 39.2 Å². The molecule has 0 radical (unpaired) electrons. The van der Waals surface area contributed by atoms with Crippen molar-refractivity contribution in [3.63, 3.8) is 0 Å². The molecule has 1 aromatic rings. The Morgan fingerprint density at radius 2 is 2.00 bits per heavy atom. The van der Waals surface area contributed by atoms with Gasteiger partial charge in [0.25, 0.3) is 5.56 Å². The van der Waals surface area contributed by atoms with E-state index >= 15 is 0 Å². The van der Waals surface area contributed by atoms with Crippen molar-refractivity contribution in [1.82, 2.24) is 14.8 Å². The number of piperidine rings is 1. The van der Waals surface area contributed by atoms with Crippen molar-refractivity contribution in [2.24, 2.45) is 0 Å². The third kappa shape index (κ3) is 2.92. The Labute approximate surface area is 115 Å². The van der Waals surface area contributed by atoms with E-state index in [1.807, 2.05) is 13.8 Å². The molecule has 0 unspecified atom stereocenters. The monoisotopic (exact) mass is 314 g/mol. The van der Waals surface area contributed by atoms with E-state index in [0.717, 1.165) is 18.8 Å². The number of hydrogen-bond donors (Lipinski definition) is 1. The molecule has 6 heteroatoms. The zero-order valence-electron chi connectivity index (χ0n) is 10.8. The van der Waals surface area contributed by atoms with Crippen molar-refractivity contribution >= 4 is 21.6 Å². The van der Waals surface area contributed by atoms with E-state index < -0.39 is 0 Å². The van der Waals surface area contributed by atoms with Gasteiger partial charge in [-0.25, -0.2) is 9.69 Å². The second-order valence-electron chi connectivity index (χ2n) is 4.88. The Hall–Kier alpha value is -0.880. The summed E-state index contributed by atoms with van der Waals surface area (Å²) >= 11 is 3.36. The predicted molar refractivity (Wildman–Crippen MR) is 75.6 cm³/mol. The van der Waals surface area contributed by atoms with Crippen molar-refractivity contribution in [2.75, 3.05) is 18.5 Å². The molecule has 0 bridgehead atoms. The third-order valence-corrected chi connectivity index (χ3v) is 3.83. The summed E-state index contributed by atoms with van der Waals surface area (Å²) in [5, 5.41) is 6.33. The fraction of sp³-hybridized carbons (Fsp3) is 0.667. The number of halogens is 1. The summed E-state index contributed by atoms with van der Waals surface area (Å²) in [5.41, 5.74) is 3.92. The molecule has 1 N–H and O–H groups in total. The van der Waals surface area contributed by atoms with Crippen LogP contribution in [-0.4, -0.2) is 27.9 Å². The summed E-state index contributed by atoms with van der Waals surface area (Å²) in [6.45, 7) is 5.91. The third-order valence-electron chi connectivity index (χ3n) is 3.07. The van der Waals surface area contributed by atoms with Gasteiger partial charge in [0.1, 0.15) is 4.47 Å². The van der Waals surface area contributed by atoms with Crippen LogP contribution in [0.25, 0.3) is 0 Å². The lowest BCUT2D eigenvalue weighted by Crippen LogP contribution is -2.36. The van der Waals surface area contributed by atoms with Gasteiger partial charge in [-0.2, -0.15) is 5.10 Å². The minimum Gasteiger partial charge on any atom is -0.316 e. The maximum absolute atomic E-state index is 12.1. The molecule has 0 aromatic carbocycles. The van der Waals surface area contributed by atoms with E-state index in [4.69, 9.17) is 0 Å². The van der Waals surface area contributed by atoms with Crippen LogP contribution in [0.5, 0.6) is 0 Å². The minimum absolute atomic E-state index is 0.0674. The number of rotatable bonds is 3. The summed E-state index contributed by atoms with van der Waals surface area (Å²) in [6.07, 6.45) is 5.38. The molecule has 0 spiro atoms. The van der Waals surface area contributed by atoms with Gasteiger partial charge in [0.05, 0.1) is 17.9 Å². The zero-order chi connectivity index (χ0) is 13.1. The molecule has 5 nitrogen and oxygen atoms in total. The summed E-state index contributed by atoms with van der Waals surface area (Å²) in [6, 6.07) is 0.0674. The quantitative estimate of drug-likeness (QED) is 0.930. The zero-order valence-corrected chi connectivity index (χ0v) is 12.4. The smallest absolute Gasteiger partial charge is 0.283 e. The fourth-order valence-electron chi connectivity index (χ4n) is 2.07. The standard InChI is InChI=1S/C12H19BrN4O/c1-9(2)17-12(18)11(13)10(8-14-17)15-16-6-4-3-5-7-16/h8-9,15H,3-7H2,1-2H3. The van der Waals surface area contributed by atoms with Crippen LogP contribution in [-0.2, 0) is 0 Å². The fourth-order valence-corrected chi connectivity index (χ4v) is 2.44. The molecular formula is C12H19BrN4O. The Balaban J connectivity index is 2.19. The van der Waals surface area contributed by atoms with Crippen LogP contribution in [0.4, 0.5) is 5.69 Å². The molecule has 0 atom stereocenters. The van der Waals surface area contributed by atoms with Gasteiger partial charge in [0.15, 0.2) is 0 Å². The number of nitrogens with one attached hydrogen (secondary N) is 1. The lowest BCUT2D eigenvalue weighted by atomic mass is 10.2. The molecule has 100 valence electrons. The summed E-state index contributed by atoms with van der Waals surface area (Å²) < 4.78 is 2.03. The molecule has 0 saturated carbocycles. The summed E-state index contributed by atoms with van der Waals surface area (Å²) in [7, 11) is 0. The second-order valence-corrected chi connectivity index (χ2v) is 5.67. The highest BCUT2D eigenvalue weighted by atomic mass is 79.9. The van der Waals surface area contributed by atoms with Crippen LogP contribution < -0.4 is 11.0 Å². The topological polar surface area (TPSA) is 50.2 Å². The van der Waals surface area contributed by atoms with Gasteiger partial charge >= 0.3 is 0 Å². The molecule has 18 heavy (non-hydrogen) atoms. The Kier molecular flexibility index (Phi) is 4.40. The largest absolute Gasteiger partial charge is 0.316 e. The molecule has 1 aliphatic heterocycles.